The molecular weight excluding hydrogens is 316 g/mol. The normalized spacial score (nSPS) is 27.9. The van der Waals surface area contributed by atoms with Crippen LogP contribution in [0, 0.1) is 0 Å². The van der Waals surface area contributed by atoms with Crippen LogP contribution in [0.4, 0.5) is 0 Å². The molecule has 5 nitrogen and oxygen atoms in total. The average molecular weight is 342 g/mol. The minimum atomic E-state index is -0.584. The zero-order valence-corrected chi connectivity index (χ0v) is 14.6. The van der Waals surface area contributed by atoms with Crippen molar-refractivity contribution < 1.29 is 14.3 Å². The fourth-order valence-electron chi connectivity index (χ4n) is 4.55. The van der Waals surface area contributed by atoms with Crippen LogP contribution >= 0.6 is 0 Å². The molecule has 3 fully saturated rings. The third-order valence-electron chi connectivity index (χ3n) is 5.78. The van der Waals surface area contributed by atoms with E-state index in [1.807, 2.05) is 40.1 Å². The third-order valence-corrected chi connectivity index (χ3v) is 5.78. The molecule has 0 aromatic heterocycles. The highest BCUT2D eigenvalue weighted by atomic mass is 16.5. The van der Waals surface area contributed by atoms with Crippen LogP contribution in [-0.4, -0.2) is 53.5 Å². The molecule has 134 valence electrons. The van der Waals surface area contributed by atoms with Gasteiger partial charge in [0.25, 0.3) is 5.91 Å². The van der Waals surface area contributed by atoms with E-state index in [2.05, 4.69) is 0 Å². The Bertz CT molecular complexity index is 621. The second-order valence-electron chi connectivity index (χ2n) is 7.36. The van der Waals surface area contributed by atoms with Crippen molar-refractivity contribution >= 4 is 11.8 Å². The summed E-state index contributed by atoms with van der Waals surface area (Å²) in [5, 5.41) is 0. The topological polar surface area (TPSA) is 49.9 Å². The number of hydrogen-bond acceptors (Lipinski definition) is 3. The van der Waals surface area contributed by atoms with Crippen molar-refractivity contribution in [2.24, 2.45) is 0 Å². The van der Waals surface area contributed by atoms with Crippen LogP contribution in [0.3, 0.4) is 0 Å². The van der Waals surface area contributed by atoms with Gasteiger partial charge in [-0.15, -0.1) is 0 Å². The van der Waals surface area contributed by atoms with Gasteiger partial charge >= 0.3 is 0 Å². The summed E-state index contributed by atoms with van der Waals surface area (Å²) >= 11 is 0. The molecule has 4 rings (SSSR count). The van der Waals surface area contributed by atoms with Crippen LogP contribution in [0.1, 0.15) is 50.1 Å². The number of likely N-dealkylation sites (tertiary alicyclic amines) is 1. The molecule has 0 bridgehead atoms. The predicted octanol–water partition coefficient (Wildman–Crippen LogP) is 2.52. The summed E-state index contributed by atoms with van der Waals surface area (Å²) in [5.41, 5.74) is 1.000. The molecule has 2 amide bonds. The van der Waals surface area contributed by atoms with E-state index in [9.17, 15) is 9.59 Å². The van der Waals surface area contributed by atoms with E-state index in [0.717, 1.165) is 57.2 Å². The van der Waals surface area contributed by atoms with Crippen LogP contribution in [0.25, 0.3) is 0 Å². The summed E-state index contributed by atoms with van der Waals surface area (Å²) in [4.78, 5) is 29.7. The molecule has 0 radical (unpaired) electrons. The lowest BCUT2D eigenvalue weighted by atomic mass is 9.94. The van der Waals surface area contributed by atoms with Crippen LogP contribution in [0.15, 0.2) is 30.3 Å². The van der Waals surface area contributed by atoms with Gasteiger partial charge in [0.15, 0.2) is 6.10 Å². The number of amides is 2. The second-order valence-corrected chi connectivity index (χ2v) is 7.36. The summed E-state index contributed by atoms with van der Waals surface area (Å²) in [7, 11) is 0. The largest absolute Gasteiger partial charge is 0.356 e. The minimum absolute atomic E-state index is 0.0179. The monoisotopic (exact) mass is 342 g/mol. The molecule has 0 unspecified atom stereocenters. The first kappa shape index (κ1) is 16.6. The lowest BCUT2D eigenvalue weighted by molar-refractivity contribution is -0.172. The highest BCUT2D eigenvalue weighted by molar-refractivity contribution is 5.86. The predicted molar refractivity (Wildman–Crippen MR) is 93.8 cm³/mol. The van der Waals surface area contributed by atoms with Crippen LogP contribution in [-0.2, 0) is 14.3 Å². The lowest BCUT2D eigenvalue weighted by Gasteiger charge is -2.44. The second kappa shape index (κ2) is 7.16. The number of rotatable bonds is 3. The first-order valence-corrected chi connectivity index (χ1v) is 9.52. The molecule has 2 atom stereocenters. The Balaban J connectivity index is 1.68. The van der Waals surface area contributed by atoms with E-state index in [4.69, 9.17) is 4.74 Å². The molecule has 2 heterocycles. The van der Waals surface area contributed by atoms with Crippen LogP contribution < -0.4 is 0 Å². The Labute approximate surface area is 148 Å². The van der Waals surface area contributed by atoms with E-state index >= 15 is 0 Å². The van der Waals surface area contributed by atoms with E-state index in [1.165, 1.54) is 0 Å². The number of morpholine rings is 1. The molecule has 5 heteroatoms. The van der Waals surface area contributed by atoms with Crippen molar-refractivity contribution in [2.75, 3.05) is 19.7 Å². The Morgan fingerprint density at radius 1 is 1.00 bits per heavy atom. The van der Waals surface area contributed by atoms with Crippen LogP contribution in [0.5, 0.6) is 0 Å². The van der Waals surface area contributed by atoms with Gasteiger partial charge in [0.1, 0.15) is 6.61 Å². The standard InChI is InChI=1S/C20H26N2O3/c23-17-14-25-19(20(24)21-12-6-7-13-21)18(15-8-2-1-3-9-15)22(17)16-10-4-5-11-16/h1-3,8-9,16,18-19H,4-7,10-14H2/t18-,19+/m0/s1. The van der Waals surface area contributed by atoms with Crippen LogP contribution in [0.2, 0.25) is 0 Å². The molecule has 2 saturated heterocycles. The van der Waals surface area contributed by atoms with Crippen molar-refractivity contribution in [3.8, 4) is 0 Å². The third kappa shape index (κ3) is 3.17. The Kier molecular flexibility index (Phi) is 4.75. The smallest absolute Gasteiger partial charge is 0.254 e. The lowest BCUT2D eigenvalue weighted by Crippen LogP contribution is -2.57. The molecule has 2 aliphatic heterocycles. The van der Waals surface area contributed by atoms with Gasteiger partial charge in [0.2, 0.25) is 5.91 Å². The quantitative estimate of drug-likeness (QED) is 0.848. The van der Waals surface area contributed by atoms with Crippen molar-refractivity contribution in [1.29, 1.82) is 0 Å². The Morgan fingerprint density at radius 2 is 1.68 bits per heavy atom. The van der Waals surface area contributed by atoms with Gasteiger partial charge in [0, 0.05) is 19.1 Å². The molecule has 1 aromatic carbocycles. The van der Waals surface area contributed by atoms with Gasteiger partial charge in [-0.1, -0.05) is 43.2 Å². The number of nitrogens with zero attached hydrogens (tertiary/aromatic N) is 2. The molecular formula is C20H26N2O3. The van der Waals surface area contributed by atoms with Gasteiger partial charge in [0.05, 0.1) is 6.04 Å². The van der Waals surface area contributed by atoms with E-state index in [0.29, 0.717) is 0 Å². The number of carbonyl (C=O) groups excluding carboxylic acids is 2. The number of benzene rings is 1. The SMILES string of the molecule is O=C([C@@H]1OCC(=O)N(C2CCCC2)[C@H]1c1ccccc1)N1CCCC1. The molecule has 25 heavy (non-hydrogen) atoms. The number of carbonyl (C=O) groups is 2. The number of ether oxygens (including phenoxy) is 1. The fraction of sp³-hybridized carbons (Fsp3) is 0.600. The molecule has 1 aromatic rings. The van der Waals surface area contributed by atoms with Crippen molar-refractivity contribution in [3.63, 3.8) is 0 Å². The summed E-state index contributed by atoms with van der Waals surface area (Å²) in [6.07, 6.45) is 5.89. The zero-order chi connectivity index (χ0) is 17.2. The fourth-order valence-corrected chi connectivity index (χ4v) is 4.55. The minimum Gasteiger partial charge on any atom is -0.356 e. The van der Waals surface area contributed by atoms with Crippen molar-refractivity contribution in [1.82, 2.24) is 9.80 Å². The number of hydrogen-bond donors (Lipinski definition) is 0. The highest BCUT2D eigenvalue weighted by Crippen LogP contribution is 2.37. The first-order chi connectivity index (χ1) is 12.3. The zero-order valence-electron chi connectivity index (χ0n) is 14.6. The molecule has 1 aliphatic carbocycles. The summed E-state index contributed by atoms with van der Waals surface area (Å²) in [6.45, 7) is 1.62. The van der Waals surface area contributed by atoms with Gasteiger partial charge in [-0.3, -0.25) is 9.59 Å². The van der Waals surface area contributed by atoms with Gasteiger partial charge < -0.3 is 14.5 Å². The maximum Gasteiger partial charge on any atom is 0.254 e. The highest BCUT2D eigenvalue weighted by Gasteiger charge is 2.46. The summed E-state index contributed by atoms with van der Waals surface area (Å²) < 4.78 is 5.84. The van der Waals surface area contributed by atoms with Gasteiger partial charge in [-0.05, 0) is 31.2 Å². The Hall–Kier alpha value is -1.88. The molecule has 0 spiro atoms. The molecule has 3 aliphatic rings. The summed E-state index contributed by atoms with van der Waals surface area (Å²) in [6, 6.07) is 9.86. The van der Waals surface area contributed by atoms with Crippen molar-refractivity contribution in [2.45, 2.75) is 56.7 Å². The molecule has 1 saturated carbocycles. The van der Waals surface area contributed by atoms with E-state index in [-0.39, 0.29) is 30.5 Å². The maximum absolute atomic E-state index is 13.1. The van der Waals surface area contributed by atoms with E-state index < -0.39 is 6.10 Å². The summed E-state index contributed by atoms with van der Waals surface area (Å²) in [5.74, 6) is 0.0630. The van der Waals surface area contributed by atoms with Gasteiger partial charge in [-0.2, -0.15) is 0 Å². The average Bonchev–Trinajstić information content (AvgIpc) is 3.35. The Morgan fingerprint density at radius 3 is 2.36 bits per heavy atom. The molecule has 0 N–H and O–H groups in total. The first-order valence-electron chi connectivity index (χ1n) is 9.52. The van der Waals surface area contributed by atoms with Crippen molar-refractivity contribution in [3.05, 3.63) is 35.9 Å². The maximum atomic E-state index is 13.1. The van der Waals surface area contributed by atoms with E-state index in [1.54, 1.807) is 0 Å². The van der Waals surface area contributed by atoms with Gasteiger partial charge in [-0.25, -0.2) is 0 Å².